The molecule has 0 spiro atoms. The molecule has 1 saturated carbocycles. The first-order valence-electron chi connectivity index (χ1n) is 6.04. The molecular formula is C11H18N4OS. The van der Waals surface area contributed by atoms with E-state index in [1.54, 1.807) is 0 Å². The summed E-state index contributed by atoms with van der Waals surface area (Å²) in [7, 11) is 0. The molecule has 0 aliphatic heterocycles. The first-order valence-corrected chi connectivity index (χ1v) is 6.85. The Kier molecular flexibility index (Phi) is 3.93. The Hall–Kier alpha value is -1.17. The Morgan fingerprint density at radius 2 is 2.24 bits per heavy atom. The largest absolute Gasteiger partial charge is 0.374 e. The van der Waals surface area contributed by atoms with Gasteiger partial charge in [-0.15, -0.1) is 10.2 Å². The smallest absolute Gasteiger partial charge is 0.282 e. The predicted molar refractivity (Wildman–Crippen MR) is 67.8 cm³/mol. The van der Waals surface area contributed by atoms with E-state index in [0.717, 1.165) is 17.9 Å². The van der Waals surface area contributed by atoms with Gasteiger partial charge in [0, 0.05) is 6.54 Å². The Morgan fingerprint density at radius 1 is 1.47 bits per heavy atom. The molecule has 1 aromatic rings. The highest BCUT2D eigenvalue weighted by molar-refractivity contribution is 7.16. The third-order valence-corrected chi connectivity index (χ3v) is 4.20. The van der Waals surface area contributed by atoms with Crippen LogP contribution in [0.2, 0.25) is 0 Å². The molecule has 1 heterocycles. The van der Waals surface area contributed by atoms with Crippen molar-refractivity contribution in [3.8, 4) is 0 Å². The number of aromatic nitrogens is 2. The quantitative estimate of drug-likeness (QED) is 0.860. The van der Waals surface area contributed by atoms with Crippen LogP contribution < -0.4 is 11.1 Å². The van der Waals surface area contributed by atoms with Gasteiger partial charge in [0.1, 0.15) is 0 Å². The summed E-state index contributed by atoms with van der Waals surface area (Å²) in [5.74, 6) is 1.14. The number of hydrogen-bond acceptors (Lipinski definition) is 5. The molecule has 2 unspecified atom stereocenters. The number of nitrogens with one attached hydrogen (secondary N) is 1. The fraction of sp³-hybridized carbons (Fsp3) is 0.727. The molecule has 0 aromatic carbocycles. The number of carbonyl (C=O) groups excluding carboxylic acids is 1. The number of nitrogen functional groups attached to an aromatic ring is 1. The van der Waals surface area contributed by atoms with Crippen LogP contribution in [0, 0.1) is 11.8 Å². The van der Waals surface area contributed by atoms with Crippen molar-refractivity contribution in [3.05, 3.63) is 5.01 Å². The van der Waals surface area contributed by atoms with Gasteiger partial charge in [-0.25, -0.2) is 0 Å². The Bertz CT molecular complexity index is 393. The van der Waals surface area contributed by atoms with Gasteiger partial charge >= 0.3 is 0 Å². The zero-order valence-corrected chi connectivity index (χ0v) is 10.8. The van der Waals surface area contributed by atoms with Gasteiger partial charge in [-0.2, -0.15) is 0 Å². The topological polar surface area (TPSA) is 80.9 Å². The molecule has 0 radical (unpaired) electrons. The summed E-state index contributed by atoms with van der Waals surface area (Å²) in [6, 6.07) is 0. The molecule has 1 amide bonds. The highest BCUT2D eigenvalue weighted by Gasteiger charge is 2.22. The summed E-state index contributed by atoms with van der Waals surface area (Å²) in [4.78, 5) is 11.7. The molecule has 6 heteroatoms. The van der Waals surface area contributed by atoms with Gasteiger partial charge in [-0.1, -0.05) is 37.5 Å². The minimum Gasteiger partial charge on any atom is -0.374 e. The summed E-state index contributed by atoms with van der Waals surface area (Å²) in [5.41, 5.74) is 5.44. The molecule has 0 bridgehead atoms. The number of nitrogens with two attached hydrogens (primary N) is 1. The van der Waals surface area contributed by atoms with Crippen LogP contribution in [0.25, 0.3) is 0 Å². The SMILES string of the molecule is CC1CCCCC1CNC(=O)c1nnc(N)s1. The van der Waals surface area contributed by atoms with E-state index in [9.17, 15) is 4.79 Å². The number of hydrogen-bond donors (Lipinski definition) is 2. The highest BCUT2D eigenvalue weighted by atomic mass is 32.1. The normalized spacial score (nSPS) is 24.5. The van der Waals surface area contributed by atoms with Gasteiger partial charge in [0.25, 0.3) is 5.91 Å². The molecule has 1 aromatic heterocycles. The Labute approximate surface area is 105 Å². The summed E-state index contributed by atoms with van der Waals surface area (Å²) >= 11 is 1.13. The van der Waals surface area contributed by atoms with Crippen molar-refractivity contribution in [2.45, 2.75) is 32.6 Å². The van der Waals surface area contributed by atoms with Crippen molar-refractivity contribution in [3.63, 3.8) is 0 Å². The maximum atomic E-state index is 11.7. The average molecular weight is 254 g/mol. The van der Waals surface area contributed by atoms with E-state index in [4.69, 9.17) is 5.73 Å². The lowest BCUT2D eigenvalue weighted by molar-refractivity contribution is 0.0935. The maximum absolute atomic E-state index is 11.7. The highest BCUT2D eigenvalue weighted by Crippen LogP contribution is 2.28. The number of carbonyl (C=O) groups is 1. The van der Waals surface area contributed by atoms with Crippen molar-refractivity contribution >= 4 is 22.4 Å². The van der Waals surface area contributed by atoms with Crippen LogP contribution in [0.1, 0.15) is 42.4 Å². The lowest BCUT2D eigenvalue weighted by atomic mass is 9.80. The summed E-state index contributed by atoms with van der Waals surface area (Å²) < 4.78 is 0. The van der Waals surface area contributed by atoms with Crippen molar-refractivity contribution < 1.29 is 4.79 Å². The molecule has 0 saturated heterocycles. The van der Waals surface area contributed by atoms with Crippen molar-refractivity contribution in [2.24, 2.45) is 11.8 Å². The van der Waals surface area contributed by atoms with E-state index in [0.29, 0.717) is 22.0 Å². The molecule has 1 aliphatic carbocycles. The van der Waals surface area contributed by atoms with Gasteiger partial charge in [0.15, 0.2) is 0 Å². The fourth-order valence-electron chi connectivity index (χ4n) is 2.32. The van der Waals surface area contributed by atoms with Gasteiger partial charge in [-0.05, 0) is 18.3 Å². The maximum Gasteiger partial charge on any atom is 0.282 e. The van der Waals surface area contributed by atoms with E-state index in [2.05, 4.69) is 22.4 Å². The molecule has 94 valence electrons. The first kappa shape index (κ1) is 12.3. The van der Waals surface area contributed by atoms with Crippen LogP contribution in [-0.4, -0.2) is 22.6 Å². The zero-order valence-electron chi connectivity index (χ0n) is 9.98. The fourth-order valence-corrected chi connectivity index (χ4v) is 2.85. The van der Waals surface area contributed by atoms with Crippen LogP contribution in [0.4, 0.5) is 5.13 Å². The van der Waals surface area contributed by atoms with Gasteiger partial charge < -0.3 is 11.1 Å². The molecule has 1 fully saturated rings. The molecule has 3 N–H and O–H groups in total. The molecule has 1 aliphatic rings. The molecule has 2 atom stereocenters. The molecular weight excluding hydrogens is 236 g/mol. The second-order valence-electron chi connectivity index (χ2n) is 4.68. The summed E-state index contributed by atoms with van der Waals surface area (Å²) in [6.45, 7) is 3.00. The van der Waals surface area contributed by atoms with Gasteiger partial charge in [0.05, 0.1) is 0 Å². The summed E-state index contributed by atoms with van der Waals surface area (Å²) in [5, 5.41) is 11.0. The summed E-state index contributed by atoms with van der Waals surface area (Å²) in [6.07, 6.45) is 5.07. The molecule has 17 heavy (non-hydrogen) atoms. The van der Waals surface area contributed by atoms with Crippen LogP contribution in [0.5, 0.6) is 0 Å². The minimum absolute atomic E-state index is 0.156. The van der Waals surface area contributed by atoms with Crippen LogP contribution >= 0.6 is 11.3 Å². The second-order valence-corrected chi connectivity index (χ2v) is 5.69. The Balaban J connectivity index is 1.83. The van der Waals surface area contributed by atoms with E-state index >= 15 is 0 Å². The first-order chi connectivity index (χ1) is 8.16. The molecule has 5 nitrogen and oxygen atoms in total. The van der Waals surface area contributed by atoms with Crippen molar-refractivity contribution in [2.75, 3.05) is 12.3 Å². The van der Waals surface area contributed by atoms with Crippen LogP contribution in [-0.2, 0) is 0 Å². The third kappa shape index (κ3) is 3.15. The number of amides is 1. The van der Waals surface area contributed by atoms with Gasteiger partial charge in [-0.3, -0.25) is 4.79 Å². The third-order valence-electron chi connectivity index (χ3n) is 3.45. The zero-order chi connectivity index (χ0) is 12.3. The second kappa shape index (κ2) is 5.44. The van der Waals surface area contributed by atoms with Crippen LogP contribution in [0.15, 0.2) is 0 Å². The van der Waals surface area contributed by atoms with E-state index in [1.165, 1.54) is 25.7 Å². The standard InChI is InChI=1S/C11H18N4OS/c1-7-4-2-3-5-8(7)6-13-9(16)10-14-15-11(12)17-10/h7-8H,2-6H2,1H3,(H2,12,15)(H,13,16). The average Bonchev–Trinajstić information content (AvgIpc) is 2.74. The van der Waals surface area contributed by atoms with Gasteiger partial charge in [0.2, 0.25) is 10.1 Å². The van der Waals surface area contributed by atoms with E-state index < -0.39 is 0 Å². The monoisotopic (exact) mass is 254 g/mol. The number of nitrogens with zero attached hydrogens (tertiary/aromatic N) is 2. The van der Waals surface area contributed by atoms with Crippen molar-refractivity contribution in [1.82, 2.24) is 15.5 Å². The van der Waals surface area contributed by atoms with E-state index in [-0.39, 0.29) is 5.91 Å². The lowest BCUT2D eigenvalue weighted by Gasteiger charge is -2.28. The lowest BCUT2D eigenvalue weighted by Crippen LogP contribution is -2.33. The van der Waals surface area contributed by atoms with Crippen LogP contribution in [0.3, 0.4) is 0 Å². The predicted octanol–water partition coefficient (Wildman–Crippen LogP) is 1.68. The minimum atomic E-state index is -0.156. The Morgan fingerprint density at radius 3 is 2.88 bits per heavy atom. The number of anilines is 1. The molecule has 2 rings (SSSR count). The number of rotatable bonds is 3. The van der Waals surface area contributed by atoms with Crippen molar-refractivity contribution in [1.29, 1.82) is 0 Å². The van der Waals surface area contributed by atoms with E-state index in [1.807, 2.05) is 0 Å².